The molecule has 3 saturated carbocycles. The maximum Gasteiger partial charge on any atom is -0.0386 e. The molecule has 0 atom stereocenters. The Labute approximate surface area is 147 Å². The highest BCUT2D eigenvalue weighted by molar-refractivity contribution is 4.82. The summed E-state index contributed by atoms with van der Waals surface area (Å²) in [4.78, 5) is 0. The van der Waals surface area contributed by atoms with Crippen LogP contribution < -0.4 is 0 Å². The summed E-state index contributed by atoms with van der Waals surface area (Å²) in [6.45, 7) is 4.91. The zero-order valence-electron chi connectivity index (χ0n) is 15.4. The van der Waals surface area contributed by atoms with Gasteiger partial charge in [0, 0.05) is 0 Å². The molecule has 0 unspecified atom stereocenters. The molecule has 136 valence electrons. The van der Waals surface area contributed by atoms with E-state index in [2.05, 4.69) is 13.8 Å². The van der Waals surface area contributed by atoms with Crippen molar-refractivity contribution in [3.05, 3.63) is 0 Å². The van der Waals surface area contributed by atoms with Gasteiger partial charge < -0.3 is 0 Å². The molecule has 3 fully saturated rings. The lowest BCUT2D eigenvalue weighted by atomic mass is 9.68. The highest BCUT2D eigenvalue weighted by Crippen LogP contribution is 2.43. The van der Waals surface area contributed by atoms with Crippen molar-refractivity contribution in [2.75, 3.05) is 0 Å². The lowest BCUT2D eigenvalue weighted by Crippen LogP contribution is -2.25. The standard InChI is InChI=1S/C22H40.CH4/c1-17-3-7-19(8-4-17)9-10-20-11-15-22(16-12-20)21-13-5-18(2)6-14-21;/h17-22H,3-16H2,1-2H3;1H4. The molecule has 23 heavy (non-hydrogen) atoms. The molecule has 0 aromatic carbocycles. The summed E-state index contributed by atoms with van der Waals surface area (Å²) in [5.41, 5.74) is 0. The van der Waals surface area contributed by atoms with Gasteiger partial charge in [0.25, 0.3) is 0 Å². The van der Waals surface area contributed by atoms with Crippen LogP contribution in [0, 0.1) is 35.5 Å². The molecule has 0 aromatic heterocycles. The van der Waals surface area contributed by atoms with Gasteiger partial charge in [-0.05, 0) is 61.2 Å². The van der Waals surface area contributed by atoms with Crippen LogP contribution in [0.15, 0.2) is 0 Å². The van der Waals surface area contributed by atoms with Gasteiger partial charge in [0.2, 0.25) is 0 Å². The summed E-state index contributed by atoms with van der Waals surface area (Å²) in [5, 5.41) is 0. The van der Waals surface area contributed by atoms with Gasteiger partial charge in [0.05, 0.1) is 0 Å². The van der Waals surface area contributed by atoms with Crippen LogP contribution in [0.4, 0.5) is 0 Å². The Kier molecular flexibility index (Phi) is 7.96. The normalized spacial score (nSPS) is 42.0. The Hall–Kier alpha value is 0. The molecule has 3 aliphatic carbocycles. The predicted octanol–water partition coefficient (Wildman–Crippen LogP) is 7.86. The second-order valence-corrected chi connectivity index (χ2v) is 9.50. The minimum atomic E-state index is 0. The van der Waals surface area contributed by atoms with Gasteiger partial charge in [-0.1, -0.05) is 85.5 Å². The molecular formula is C23H44. The lowest BCUT2D eigenvalue weighted by molar-refractivity contribution is 0.142. The van der Waals surface area contributed by atoms with Crippen molar-refractivity contribution in [3.63, 3.8) is 0 Å². The first kappa shape index (κ1) is 19.3. The van der Waals surface area contributed by atoms with Crippen LogP contribution in [0.1, 0.15) is 111 Å². The summed E-state index contributed by atoms with van der Waals surface area (Å²) in [7, 11) is 0. The molecule has 3 rings (SSSR count). The zero-order valence-corrected chi connectivity index (χ0v) is 15.4. The van der Waals surface area contributed by atoms with Crippen molar-refractivity contribution >= 4 is 0 Å². The van der Waals surface area contributed by atoms with Crippen LogP contribution >= 0.6 is 0 Å². The molecule has 0 heteroatoms. The van der Waals surface area contributed by atoms with Gasteiger partial charge in [-0.25, -0.2) is 0 Å². The van der Waals surface area contributed by atoms with E-state index in [1.54, 1.807) is 51.4 Å². The zero-order chi connectivity index (χ0) is 15.4. The average Bonchev–Trinajstić information content (AvgIpc) is 2.56. The van der Waals surface area contributed by atoms with E-state index in [0.717, 1.165) is 35.5 Å². The fraction of sp³-hybridized carbons (Fsp3) is 1.00. The van der Waals surface area contributed by atoms with E-state index in [-0.39, 0.29) is 7.43 Å². The van der Waals surface area contributed by atoms with Gasteiger partial charge in [-0.3, -0.25) is 0 Å². The Morgan fingerprint density at radius 2 is 0.783 bits per heavy atom. The maximum atomic E-state index is 2.46. The third-order valence-corrected chi connectivity index (χ3v) is 7.74. The van der Waals surface area contributed by atoms with Gasteiger partial charge in [0.15, 0.2) is 0 Å². The van der Waals surface area contributed by atoms with E-state index in [1.807, 2.05) is 0 Å². The summed E-state index contributed by atoms with van der Waals surface area (Å²) < 4.78 is 0. The second-order valence-electron chi connectivity index (χ2n) is 9.50. The van der Waals surface area contributed by atoms with E-state index in [1.165, 1.54) is 38.5 Å². The van der Waals surface area contributed by atoms with Crippen LogP contribution in [0.5, 0.6) is 0 Å². The van der Waals surface area contributed by atoms with Gasteiger partial charge >= 0.3 is 0 Å². The fourth-order valence-corrected chi connectivity index (χ4v) is 5.79. The first-order valence-corrected chi connectivity index (χ1v) is 10.7. The molecule has 0 bridgehead atoms. The largest absolute Gasteiger partial charge is 0.0776 e. The molecule has 3 aliphatic rings. The van der Waals surface area contributed by atoms with Crippen molar-refractivity contribution in [1.29, 1.82) is 0 Å². The maximum absolute atomic E-state index is 2.46. The molecule has 0 spiro atoms. The summed E-state index contributed by atoms with van der Waals surface area (Å²) in [6, 6.07) is 0. The minimum absolute atomic E-state index is 0. The van der Waals surface area contributed by atoms with E-state index in [0.29, 0.717) is 0 Å². The van der Waals surface area contributed by atoms with Gasteiger partial charge in [0.1, 0.15) is 0 Å². The Morgan fingerprint density at radius 3 is 1.22 bits per heavy atom. The molecule has 0 saturated heterocycles. The monoisotopic (exact) mass is 320 g/mol. The van der Waals surface area contributed by atoms with Crippen LogP contribution in [-0.2, 0) is 0 Å². The molecule has 0 radical (unpaired) electrons. The van der Waals surface area contributed by atoms with Crippen molar-refractivity contribution in [1.82, 2.24) is 0 Å². The SMILES string of the molecule is C.CC1CCC(CCC2CCC(C3CCC(C)CC3)CC2)CC1. The third kappa shape index (κ3) is 5.79. The van der Waals surface area contributed by atoms with Crippen LogP contribution in [0.2, 0.25) is 0 Å². The minimum Gasteiger partial charge on any atom is -0.0776 e. The summed E-state index contributed by atoms with van der Waals surface area (Å²) in [6.07, 6.45) is 21.7. The first-order chi connectivity index (χ1) is 10.7. The highest BCUT2D eigenvalue weighted by atomic mass is 14.4. The number of hydrogen-bond donors (Lipinski definition) is 0. The Morgan fingerprint density at radius 1 is 0.478 bits per heavy atom. The van der Waals surface area contributed by atoms with Crippen molar-refractivity contribution in [3.8, 4) is 0 Å². The number of rotatable bonds is 4. The average molecular weight is 321 g/mol. The Bertz CT molecular complexity index is 296. The quantitative estimate of drug-likeness (QED) is 0.494. The third-order valence-electron chi connectivity index (χ3n) is 7.74. The van der Waals surface area contributed by atoms with Crippen molar-refractivity contribution < 1.29 is 0 Å². The van der Waals surface area contributed by atoms with E-state index in [4.69, 9.17) is 0 Å². The molecule has 0 amide bonds. The van der Waals surface area contributed by atoms with Crippen LogP contribution in [0.25, 0.3) is 0 Å². The molecule has 0 aliphatic heterocycles. The molecule has 0 nitrogen and oxygen atoms in total. The van der Waals surface area contributed by atoms with Crippen LogP contribution in [0.3, 0.4) is 0 Å². The summed E-state index contributed by atoms with van der Waals surface area (Å²) in [5.74, 6) is 6.44. The van der Waals surface area contributed by atoms with Gasteiger partial charge in [-0.2, -0.15) is 0 Å². The Balaban J connectivity index is 0.00000192. The smallest absolute Gasteiger partial charge is 0.0386 e. The molecule has 0 heterocycles. The summed E-state index contributed by atoms with van der Waals surface area (Å²) >= 11 is 0. The first-order valence-electron chi connectivity index (χ1n) is 10.7. The fourth-order valence-electron chi connectivity index (χ4n) is 5.79. The van der Waals surface area contributed by atoms with Crippen molar-refractivity contribution in [2.24, 2.45) is 35.5 Å². The van der Waals surface area contributed by atoms with E-state index in [9.17, 15) is 0 Å². The lowest BCUT2D eigenvalue weighted by Gasteiger charge is -2.37. The molecule has 0 aromatic rings. The van der Waals surface area contributed by atoms with E-state index < -0.39 is 0 Å². The topological polar surface area (TPSA) is 0 Å². The van der Waals surface area contributed by atoms with Gasteiger partial charge in [-0.15, -0.1) is 0 Å². The predicted molar refractivity (Wildman–Crippen MR) is 104 cm³/mol. The highest BCUT2D eigenvalue weighted by Gasteiger charge is 2.30. The van der Waals surface area contributed by atoms with Crippen molar-refractivity contribution in [2.45, 2.75) is 111 Å². The number of hydrogen-bond acceptors (Lipinski definition) is 0. The van der Waals surface area contributed by atoms with Crippen LogP contribution in [-0.4, -0.2) is 0 Å². The molecular weight excluding hydrogens is 276 g/mol. The van der Waals surface area contributed by atoms with E-state index >= 15 is 0 Å². The molecule has 0 N–H and O–H groups in total. The second kappa shape index (κ2) is 9.47.